The molecule has 2 rings (SSSR count). The Morgan fingerprint density at radius 2 is 2.00 bits per heavy atom. The van der Waals surface area contributed by atoms with Gasteiger partial charge in [0.15, 0.2) is 0 Å². The first-order chi connectivity index (χ1) is 8.70. The van der Waals surface area contributed by atoms with Gasteiger partial charge in [-0.05, 0) is 45.8 Å². The van der Waals surface area contributed by atoms with Crippen LogP contribution in [-0.2, 0) is 5.75 Å². The molecule has 0 aliphatic rings. The lowest BCUT2D eigenvalue weighted by Gasteiger charge is -2.06. The Balaban J connectivity index is 2.12. The number of halogens is 2. The Hall–Kier alpha value is -0.950. The number of nitriles is 1. The number of rotatable bonds is 3. The topological polar surface area (TPSA) is 23.8 Å². The molecule has 90 valence electrons. The molecule has 0 aliphatic heterocycles. The van der Waals surface area contributed by atoms with Crippen molar-refractivity contribution in [2.45, 2.75) is 10.6 Å². The largest absolute Gasteiger partial charge is 0.192 e. The van der Waals surface area contributed by atoms with Gasteiger partial charge in [0.1, 0.15) is 0 Å². The molecule has 4 heteroatoms. The third kappa shape index (κ3) is 3.29. The fourth-order valence-electron chi connectivity index (χ4n) is 1.45. The van der Waals surface area contributed by atoms with Gasteiger partial charge in [0.2, 0.25) is 0 Å². The second kappa shape index (κ2) is 6.29. The van der Waals surface area contributed by atoms with Crippen molar-refractivity contribution in [2.75, 3.05) is 0 Å². The van der Waals surface area contributed by atoms with Gasteiger partial charge in [-0.3, -0.25) is 0 Å². The molecule has 0 amide bonds. The number of benzene rings is 2. The van der Waals surface area contributed by atoms with E-state index in [-0.39, 0.29) is 0 Å². The summed E-state index contributed by atoms with van der Waals surface area (Å²) in [6.45, 7) is 0. The second-order valence-electron chi connectivity index (χ2n) is 3.64. The first kappa shape index (κ1) is 13.5. The normalized spacial score (nSPS) is 10.1. The lowest BCUT2D eigenvalue weighted by atomic mass is 10.2. The molecule has 2 aromatic rings. The average molecular weight is 339 g/mol. The smallest absolute Gasteiger partial charge is 0.0992 e. The molecule has 0 aliphatic carbocycles. The summed E-state index contributed by atoms with van der Waals surface area (Å²) in [4.78, 5) is 1.18. The third-order valence-electron chi connectivity index (χ3n) is 2.40. The summed E-state index contributed by atoms with van der Waals surface area (Å²) in [6, 6.07) is 15.6. The molecule has 0 atom stereocenters. The van der Waals surface area contributed by atoms with Crippen molar-refractivity contribution in [3.8, 4) is 6.07 Å². The zero-order valence-corrected chi connectivity index (χ0v) is 12.5. The minimum Gasteiger partial charge on any atom is -0.192 e. The molecule has 0 fully saturated rings. The van der Waals surface area contributed by atoms with Crippen LogP contribution in [0.2, 0.25) is 5.02 Å². The van der Waals surface area contributed by atoms with Crippen LogP contribution in [0.25, 0.3) is 0 Å². The molecule has 1 nitrogen and oxygen atoms in total. The lowest BCUT2D eigenvalue weighted by Crippen LogP contribution is -1.85. The van der Waals surface area contributed by atoms with E-state index in [0.717, 1.165) is 15.8 Å². The van der Waals surface area contributed by atoms with Gasteiger partial charge in [-0.25, -0.2) is 0 Å². The van der Waals surface area contributed by atoms with Crippen molar-refractivity contribution in [1.82, 2.24) is 0 Å². The van der Waals surface area contributed by atoms with Crippen molar-refractivity contribution in [2.24, 2.45) is 0 Å². The molecule has 0 saturated heterocycles. The van der Waals surface area contributed by atoms with Crippen molar-refractivity contribution in [1.29, 1.82) is 5.26 Å². The number of hydrogen-bond donors (Lipinski definition) is 0. The fourth-order valence-corrected chi connectivity index (χ4v) is 3.35. The molecule has 2 aromatic carbocycles. The Morgan fingerprint density at radius 3 is 2.67 bits per heavy atom. The molecule has 0 saturated carbocycles. The van der Waals surface area contributed by atoms with Crippen LogP contribution in [0.3, 0.4) is 0 Å². The van der Waals surface area contributed by atoms with Gasteiger partial charge < -0.3 is 0 Å². The lowest BCUT2D eigenvalue weighted by molar-refractivity contribution is 1.35. The van der Waals surface area contributed by atoms with Crippen molar-refractivity contribution < 1.29 is 0 Å². The van der Waals surface area contributed by atoms with E-state index in [1.807, 2.05) is 24.3 Å². The Bertz CT molecular complexity index is 607. The highest BCUT2D eigenvalue weighted by Crippen LogP contribution is 2.31. The van der Waals surface area contributed by atoms with Crippen LogP contribution in [0.1, 0.15) is 11.1 Å². The SMILES string of the molecule is N#Cc1ccc(CSc2ccccc2Br)c(Cl)c1. The van der Waals surface area contributed by atoms with Gasteiger partial charge in [-0.2, -0.15) is 5.26 Å². The predicted molar refractivity (Wildman–Crippen MR) is 79.9 cm³/mol. The van der Waals surface area contributed by atoms with E-state index in [1.165, 1.54) is 4.90 Å². The minimum absolute atomic E-state index is 0.592. The summed E-state index contributed by atoms with van der Waals surface area (Å²) in [5, 5.41) is 9.42. The molecule has 0 radical (unpaired) electrons. The number of hydrogen-bond acceptors (Lipinski definition) is 2. The average Bonchev–Trinajstić information content (AvgIpc) is 2.39. The molecule has 18 heavy (non-hydrogen) atoms. The zero-order chi connectivity index (χ0) is 13.0. The third-order valence-corrected chi connectivity index (χ3v) is 4.83. The van der Waals surface area contributed by atoms with E-state index < -0.39 is 0 Å². The zero-order valence-electron chi connectivity index (χ0n) is 9.36. The first-order valence-corrected chi connectivity index (χ1v) is 7.42. The van der Waals surface area contributed by atoms with Gasteiger partial charge in [0, 0.05) is 20.1 Å². The summed E-state index contributed by atoms with van der Waals surface area (Å²) in [7, 11) is 0. The highest BCUT2D eigenvalue weighted by molar-refractivity contribution is 9.10. The molecular weight excluding hydrogens is 330 g/mol. The van der Waals surface area contributed by atoms with Crippen LogP contribution in [-0.4, -0.2) is 0 Å². The van der Waals surface area contributed by atoms with Crippen LogP contribution >= 0.6 is 39.3 Å². The molecule has 0 aromatic heterocycles. The van der Waals surface area contributed by atoms with Gasteiger partial charge >= 0.3 is 0 Å². The monoisotopic (exact) mass is 337 g/mol. The van der Waals surface area contributed by atoms with E-state index in [0.29, 0.717) is 10.6 Å². The Labute approximate surface area is 124 Å². The first-order valence-electron chi connectivity index (χ1n) is 5.26. The summed E-state index contributed by atoms with van der Waals surface area (Å²) in [6.07, 6.45) is 0. The van der Waals surface area contributed by atoms with Crippen LogP contribution in [0, 0.1) is 11.3 Å². The molecular formula is C14H9BrClNS. The van der Waals surface area contributed by atoms with Gasteiger partial charge in [0.05, 0.1) is 11.6 Å². The Kier molecular flexibility index (Phi) is 4.71. The Morgan fingerprint density at radius 1 is 1.22 bits per heavy atom. The van der Waals surface area contributed by atoms with Crippen molar-refractivity contribution in [3.05, 3.63) is 63.1 Å². The number of thioether (sulfide) groups is 1. The fraction of sp³-hybridized carbons (Fsp3) is 0.0714. The van der Waals surface area contributed by atoms with E-state index in [2.05, 4.69) is 28.1 Å². The van der Waals surface area contributed by atoms with Crippen LogP contribution < -0.4 is 0 Å². The highest BCUT2D eigenvalue weighted by atomic mass is 79.9. The summed E-state index contributed by atoms with van der Waals surface area (Å²) < 4.78 is 1.08. The second-order valence-corrected chi connectivity index (χ2v) is 5.92. The summed E-state index contributed by atoms with van der Waals surface area (Å²) >= 11 is 11.4. The van der Waals surface area contributed by atoms with Crippen LogP contribution in [0.5, 0.6) is 0 Å². The molecule has 0 N–H and O–H groups in total. The van der Waals surface area contributed by atoms with Gasteiger partial charge in [-0.1, -0.05) is 29.8 Å². The number of nitrogens with zero attached hydrogens (tertiary/aromatic N) is 1. The maximum atomic E-state index is 8.78. The van der Waals surface area contributed by atoms with Gasteiger partial charge in [0.25, 0.3) is 0 Å². The highest BCUT2D eigenvalue weighted by Gasteiger charge is 2.04. The van der Waals surface area contributed by atoms with Crippen molar-refractivity contribution >= 4 is 39.3 Å². The van der Waals surface area contributed by atoms with Gasteiger partial charge in [-0.15, -0.1) is 11.8 Å². The van der Waals surface area contributed by atoms with E-state index >= 15 is 0 Å². The quantitative estimate of drug-likeness (QED) is 0.712. The minimum atomic E-state index is 0.592. The van der Waals surface area contributed by atoms with E-state index in [1.54, 1.807) is 23.9 Å². The predicted octanol–water partition coefficient (Wildman–Crippen LogP) is 5.27. The van der Waals surface area contributed by atoms with Crippen molar-refractivity contribution in [3.63, 3.8) is 0 Å². The van der Waals surface area contributed by atoms with E-state index in [9.17, 15) is 0 Å². The summed E-state index contributed by atoms with van der Waals surface area (Å²) in [5.41, 5.74) is 1.63. The standard InChI is InChI=1S/C14H9BrClNS/c15-12-3-1-2-4-14(12)18-9-11-6-5-10(8-17)7-13(11)16/h1-7H,9H2. The summed E-state index contributed by atoms with van der Waals surface area (Å²) in [5.74, 6) is 0.785. The molecule has 0 heterocycles. The van der Waals surface area contributed by atoms with E-state index in [4.69, 9.17) is 16.9 Å². The van der Waals surface area contributed by atoms with Crippen LogP contribution in [0.4, 0.5) is 0 Å². The maximum Gasteiger partial charge on any atom is 0.0992 e. The molecule has 0 spiro atoms. The maximum absolute atomic E-state index is 8.78. The van der Waals surface area contributed by atoms with Crippen LogP contribution in [0.15, 0.2) is 51.8 Å². The molecule has 0 bridgehead atoms. The molecule has 0 unspecified atom stereocenters.